The quantitative estimate of drug-likeness (QED) is 0.649. The third-order valence-corrected chi connectivity index (χ3v) is 5.39. The van der Waals surface area contributed by atoms with Gasteiger partial charge in [0.25, 0.3) is 0 Å². The molecule has 1 unspecified atom stereocenters. The van der Waals surface area contributed by atoms with Gasteiger partial charge >= 0.3 is 69.4 Å². The number of rotatable bonds is 5. The summed E-state index contributed by atoms with van der Waals surface area (Å²) in [7, 11) is 0. The summed E-state index contributed by atoms with van der Waals surface area (Å²) in [5.74, 6) is 0. The van der Waals surface area contributed by atoms with Crippen molar-refractivity contribution < 1.29 is 0 Å². The summed E-state index contributed by atoms with van der Waals surface area (Å²) in [6.07, 6.45) is 4.32. The van der Waals surface area contributed by atoms with E-state index in [1.54, 1.807) is 0 Å². The van der Waals surface area contributed by atoms with Crippen LogP contribution in [0.4, 0.5) is 0 Å². The van der Waals surface area contributed by atoms with E-state index in [1.807, 2.05) is 0 Å². The minimum absolute atomic E-state index is 0.396. The zero-order valence-electron chi connectivity index (χ0n) is 6.81. The van der Waals surface area contributed by atoms with Crippen LogP contribution in [-0.2, 0) is 0 Å². The van der Waals surface area contributed by atoms with Crippen LogP contribution >= 0.6 is 0 Å². The van der Waals surface area contributed by atoms with Gasteiger partial charge < -0.3 is 0 Å². The van der Waals surface area contributed by atoms with E-state index in [1.165, 1.54) is 23.7 Å². The number of hydrogen-bond donors (Lipinski definition) is 0. The Kier molecular flexibility index (Phi) is 7.51. The average Bonchev–Trinajstić information content (AvgIpc) is 1.88. The minimum atomic E-state index is 0.396. The van der Waals surface area contributed by atoms with Crippen LogP contribution < -0.4 is 0 Å². The van der Waals surface area contributed by atoms with Gasteiger partial charge in [0.15, 0.2) is 0 Å². The first-order valence-electron chi connectivity index (χ1n) is 3.96. The Morgan fingerprint density at radius 2 is 1.89 bits per heavy atom. The van der Waals surface area contributed by atoms with Crippen LogP contribution in [0.3, 0.4) is 0 Å². The molecule has 0 rings (SSSR count). The summed E-state index contributed by atoms with van der Waals surface area (Å²) in [5.41, 5.74) is 0. The monoisotopic (exact) mass is 244 g/mol. The molecule has 0 aliphatic heterocycles. The van der Waals surface area contributed by atoms with E-state index in [4.69, 9.17) is 0 Å². The molecular weight excluding hydrogens is 224 g/mol. The van der Waals surface area contributed by atoms with Crippen molar-refractivity contribution in [3.8, 4) is 0 Å². The van der Waals surface area contributed by atoms with Gasteiger partial charge in [0.2, 0.25) is 0 Å². The van der Waals surface area contributed by atoms with E-state index in [9.17, 15) is 0 Å². The molecule has 0 heterocycles. The van der Waals surface area contributed by atoms with Crippen molar-refractivity contribution in [2.45, 2.75) is 48.5 Å². The first-order valence-corrected chi connectivity index (χ1v) is 6.96. The van der Waals surface area contributed by atoms with Crippen LogP contribution in [0.25, 0.3) is 0 Å². The van der Waals surface area contributed by atoms with Gasteiger partial charge in [-0.2, -0.15) is 0 Å². The van der Waals surface area contributed by atoms with Crippen LogP contribution in [0.1, 0.15) is 40.0 Å². The zero-order valence-corrected chi connectivity index (χ0v) is 9.14. The van der Waals surface area contributed by atoms with Crippen LogP contribution in [-0.4, -0.2) is 20.9 Å². The topological polar surface area (TPSA) is 0 Å². The normalized spacial score (nSPS) is 13.7. The molecule has 9 heavy (non-hydrogen) atoms. The second-order valence-corrected chi connectivity index (χ2v) is 6.78. The second kappa shape index (κ2) is 6.90. The van der Waals surface area contributed by atoms with Gasteiger partial charge in [-0.15, -0.1) is 0 Å². The third kappa shape index (κ3) is 5.24. The van der Waals surface area contributed by atoms with Crippen molar-refractivity contribution in [1.82, 2.24) is 0 Å². The fourth-order valence-corrected chi connectivity index (χ4v) is 4.13. The van der Waals surface area contributed by atoms with E-state index in [-0.39, 0.29) is 0 Å². The maximum absolute atomic E-state index is 2.33. The molecule has 0 amide bonds. The first-order chi connectivity index (χ1) is 4.35. The van der Waals surface area contributed by atoms with Crippen LogP contribution in [0.2, 0.25) is 8.43 Å². The predicted molar refractivity (Wildman–Crippen MR) is 45.2 cm³/mol. The van der Waals surface area contributed by atoms with Gasteiger partial charge in [0, 0.05) is 0 Å². The Morgan fingerprint density at radius 1 is 1.22 bits per heavy atom. The molecule has 0 saturated carbocycles. The molecule has 0 aliphatic rings. The molecule has 0 bridgehead atoms. The van der Waals surface area contributed by atoms with Crippen LogP contribution in [0.15, 0.2) is 0 Å². The molecule has 0 aromatic rings. The Labute approximate surface area is 69.5 Å². The van der Waals surface area contributed by atoms with Gasteiger partial charge in [0.1, 0.15) is 0 Å². The van der Waals surface area contributed by atoms with Gasteiger partial charge in [-0.05, 0) is 0 Å². The Balaban J connectivity index is 3.18. The summed E-state index contributed by atoms with van der Waals surface area (Å²) < 4.78 is 2.63. The fourth-order valence-electron chi connectivity index (χ4n) is 0.963. The Hall–Kier alpha value is 0.790. The molecule has 0 aromatic carbocycles. The van der Waals surface area contributed by atoms with Crippen LogP contribution in [0, 0.1) is 0 Å². The molecular formula is C8H18Te. The maximum atomic E-state index is 2.33. The second-order valence-electron chi connectivity index (χ2n) is 2.27. The summed E-state index contributed by atoms with van der Waals surface area (Å²) in [6.45, 7) is 6.96. The van der Waals surface area contributed by atoms with Gasteiger partial charge in [0.05, 0.1) is 0 Å². The average molecular weight is 242 g/mol. The van der Waals surface area contributed by atoms with Gasteiger partial charge in [-0.3, -0.25) is 0 Å². The van der Waals surface area contributed by atoms with Crippen molar-refractivity contribution in [1.29, 1.82) is 0 Å². The van der Waals surface area contributed by atoms with E-state index < -0.39 is 0 Å². The summed E-state index contributed by atoms with van der Waals surface area (Å²) in [5, 5.41) is 0. The molecule has 1 atom stereocenters. The van der Waals surface area contributed by atoms with Gasteiger partial charge in [-0.25, -0.2) is 0 Å². The standard InChI is InChI=1S/C8H18Te/c1-4-7-8(5-2)9-6-3/h8H,4-7H2,1-3H3. The van der Waals surface area contributed by atoms with Gasteiger partial charge in [-0.1, -0.05) is 0 Å². The van der Waals surface area contributed by atoms with Crippen molar-refractivity contribution >= 4 is 20.9 Å². The van der Waals surface area contributed by atoms with E-state index >= 15 is 0 Å². The molecule has 0 nitrogen and oxygen atoms in total. The third-order valence-electron chi connectivity index (χ3n) is 1.47. The Bertz CT molecular complexity index is 46.5. The molecule has 0 fully saturated rings. The van der Waals surface area contributed by atoms with E-state index in [0.29, 0.717) is 20.9 Å². The van der Waals surface area contributed by atoms with Crippen molar-refractivity contribution in [2.75, 3.05) is 0 Å². The molecule has 0 spiro atoms. The summed E-state index contributed by atoms with van der Waals surface area (Å²) in [4.78, 5) is 0. The molecule has 0 saturated heterocycles. The molecule has 0 aromatic heterocycles. The molecule has 0 aliphatic carbocycles. The van der Waals surface area contributed by atoms with Crippen molar-refractivity contribution in [3.63, 3.8) is 0 Å². The van der Waals surface area contributed by atoms with Crippen molar-refractivity contribution in [3.05, 3.63) is 0 Å². The predicted octanol–water partition coefficient (Wildman–Crippen LogP) is 3.13. The summed E-state index contributed by atoms with van der Waals surface area (Å²) in [6, 6.07) is 0. The fraction of sp³-hybridized carbons (Fsp3) is 1.00. The summed E-state index contributed by atoms with van der Waals surface area (Å²) >= 11 is 0.396. The SMILES string of the molecule is CCCC(CC)[Te]CC. The molecule has 56 valence electrons. The zero-order chi connectivity index (χ0) is 7.11. The van der Waals surface area contributed by atoms with E-state index in [0.717, 1.165) is 3.97 Å². The molecule has 0 N–H and O–H groups in total. The first kappa shape index (κ1) is 9.79. The van der Waals surface area contributed by atoms with Crippen molar-refractivity contribution in [2.24, 2.45) is 0 Å². The Morgan fingerprint density at radius 3 is 2.22 bits per heavy atom. The molecule has 0 radical (unpaired) electrons. The van der Waals surface area contributed by atoms with E-state index in [2.05, 4.69) is 20.8 Å². The van der Waals surface area contributed by atoms with Crippen LogP contribution in [0.5, 0.6) is 0 Å². The molecule has 1 heteroatoms. The number of hydrogen-bond acceptors (Lipinski definition) is 0.